The molecule has 0 aliphatic carbocycles. The van der Waals surface area contributed by atoms with Crippen molar-refractivity contribution in [2.75, 3.05) is 38.0 Å². The predicted octanol–water partition coefficient (Wildman–Crippen LogP) is 2.71. The van der Waals surface area contributed by atoms with Gasteiger partial charge in [0.05, 0.1) is 12.6 Å². The Morgan fingerprint density at radius 2 is 1.86 bits per heavy atom. The maximum Gasteiger partial charge on any atom is 0.277 e. The Kier molecular flexibility index (Phi) is 7.07. The van der Waals surface area contributed by atoms with Crippen LogP contribution in [-0.2, 0) is 6.54 Å². The number of halogens is 1. The molecule has 0 saturated carbocycles. The quantitative estimate of drug-likeness (QED) is 0.735. The number of carbonyl (C=O) groups is 1. The zero-order chi connectivity index (χ0) is 20.1. The first kappa shape index (κ1) is 20.8. The Morgan fingerprint density at radius 1 is 1.21 bits per heavy atom. The largest absolute Gasteiger partial charge is 0.447 e. The van der Waals surface area contributed by atoms with Gasteiger partial charge in [0.1, 0.15) is 6.26 Å². The summed E-state index contributed by atoms with van der Waals surface area (Å²) in [6.45, 7) is 8.88. The Labute approximate surface area is 170 Å². The number of nitrogens with zero attached hydrogens (tertiary/aromatic N) is 3. The molecule has 7 nitrogen and oxygen atoms in total. The highest BCUT2D eigenvalue weighted by Crippen LogP contribution is 2.15. The van der Waals surface area contributed by atoms with Gasteiger partial charge in [0.2, 0.25) is 5.89 Å². The fraction of sp³-hybridized carbons (Fsp3) is 0.500. The minimum atomic E-state index is -0.315. The van der Waals surface area contributed by atoms with E-state index in [0.29, 0.717) is 29.7 Å². The summed E-state index contributed by atoms with van der Waals surface area (Å²) in [6, 6.07) is 6.89. The SMILES string of the molecule is CC(C)[C@H](O)CN1CCN(Cc2nc(C(=O)Nc3ccc(Cl)cc3)co2)CC1. The molecule has 1 aliphatic heterocycles. The smallest absolute Gasteiger partial charge is 0.277 e. The first-order valence-corrected chi connectivity index (χ1v) is 9.92. The minimum absolute atomic E-state index is 0.253. The van der Waals surface area contributed by atoms with Crippen molar-refractivity contribution in [2.24, 2.45) is 5.92 Å². The normalized spacial score (nSPS) is 17.0. The molecule has 3 rings (SSSR count). The summed E-state index contributed by atoms with van der Waals surface area (Å²) in [7, 11) is 0. The van der Waals surface area contributed by atoms with E-state index in [-0.39, 0.29) is 23.6 Å². The van der Waals surface area contributed by atoms with E-state index in [9.17, 15) is 9.90 Å². The molecular formula is C20H27ClN4O3. The third kappa shape index (κ3) is 5.78. The number of anilines is 1. The number of aromatic nitrogens is 1. The molecule has 0 unspecified atom stereocenters. The summed E-state index contributed by atoms with van der Waals surface area (Å²) in [5.41, 5.74) is 0.905. The molecule has 1 atom stereocenters. The molecule has 2 heterocycles. The molecule has 1 amide bonds. The molecule has 2 N–H and O–H groups in total. The first-order valence-electron chi connectivity index (χ1n) is 9.55. The summed E-state index contributed by atoms with van der Waals surface area (Å²) in [5, 5.41) is 13.4. The zero-order valence-corrected chi connectivity index (χ0v) is 17.0. The molecule has 0 radical (unpaired) electrons. The predicted molar refractivity (Wildman–Crippen MR) is 108 cm³/mol. The van der Waals surface area contributed by atoms with Gasteiger partial charge in [0.25, 0.3) is 5.91 Å². The van der Waals surface area contributed by atoms with Crippen LogP contribution in [-0.4, -0.2) is 64.6 Å². The van der Waals surface area contributed by atoms with E-state index in [2.05, 4.69) is 20.1 Å². The number of benzene rings is 1. The van der Waals surface area contributed by atoms with Crippen LogP contribution in [0.25, 0.3) is 0 Å². The van der Waals surface area contributed by atoms with Crippen LogP contribution in [0.5, 0.6) is 0 Å². The van der Waals surface area contributed by atoms with E-state index < -0.39 is 0 Å². The van der Waals surface area contributed by atoms with Crippen LogP contribution in [0, 0.1) is 5.92 Å². The molecular weight excluding hydrogens is 380 g/mol. The monoisotopic (exact) mass is 406 g/mol. The summed E-state index contributed by atoms with van der Waals surface area (Å²) >= 11 is 5.85. The summed E-state index contributed by atoms with van der Waals surface area (Å²) in [4.78, 5) is 21.1. The number of piperazine rings is 1. The van der Waals surface area contributed by atoms with Crippen molar-refractivity contribution >= 4 is 23.2 Å². The van der Waals surface area contributed by atoms with E-state index in [0.717, 1.165) is 26.2 Å². The van der Waals surface area contributed by atoms with E-state index in [1.54, 1.807) is 24.3 Å². The first-order chi connectivity index (χ1) is 13.4. The maximum atomic E-state index is 12.3. The second kappa shape index (κ2) is 9.52. The number of carbonyl (C=O) groups excluding carboxylic acids is 1. The molecule has 1 fully saturated rings. The Hall–Kier alpha value is -1.93. The van der Waals surface area contributed by atoms with Crippen LogP contribution in [0.1, 0.15) is 30.2 Å². The molecule has 1 aromatic heterocycles. The van der Waals surface area contributed by atoms with Crippen molar-refractivity contribution in [3.63, 3.8) is 0 Å². The number of nitrogens with one attached hydrogen (secondary N) is 1. The maximum absolute atomic E-state index is 12.3. The molecule has 0 bridgehead atoms. The van der Waals surface area contributed by atoms with E-state index in [1.807, 2.05) is 13.8 Å². The number of aliphatic hydroxyl groups is 1. The Bertz CT molecular complexity index is 770. The number of hydrogen-bond donors (Lipinski definition) is 2. The van der Waals surface area contributed by atoms with Gasteiger partial charge in [-0.2, -0.15) is 0 Å². The van der Waals surface area contributed by atoms with Crippen molar-refractivity contribution in [3.8, 4) is 0 Å². The van der Waals surface area contributed by atoms with E-state index in [4.69, 9.17) is 16.0 Å². The summed E-state index contributed by atoms with van der Waals surface area (Å²) in [6.07, 6.45) is 1.09. The molecule has 8 heteroatoms. The second-order valence-corrected chi connectivity index (χ2v) is 7.91. The standard InChI is InChI=1S/C20H27ClN4O3/c1-14(2)18(26)11-24-7-9-25(10-8-24)12-19-23-17(13-28-19)20(27)22-16-5-3-15(21)4-6-16/h3-6,13-14,18,26H,7-12H2,1-2H3,(H,22,27)/t18-/m1/s1. The third-order valence-electron chi connectivity index (χ3n) is 4.93. The lowest BCUT2D eigenvalue weighted by Crippen LogP contribution is -2.48. The van der Waals surface area contributed by atoms with Crippen LogP contribution in [0.4, 0.5) is 5.69 Å². The molecule has 1 aliphatic rings. The Morgan fingerprint density at radius 3 is 2.50 bits per heavy atom. The Balaban J connectivity index is 1.47. The van der Waals surface area contributed by atoms with Crippen molar-refractivity contribution in [1.29, 1.82) is 0 Å². The lowest BCUT2D eigenvalue weighted by Gasteiger charge is -2.35. The number of oxazole rings is 1. The van der Waals surface area contributed by atoms with Gasteiger partial charge in [-0.1, -0.05) is 25.4 Å². The number of rotatable bonds is 7. The molecule has 152 valence electrons. The summed E-state index contributed by atoms with van der Waals surface area (Å²) in [5.74, 6) is 0.476. The summed E-state index contributed by atoms with van der Waals surface area (Å²) < 4.78 is 5.48. The minimum Gasteiger partial charge on any atom is -0.447 e. The molecule has 1 aromatic carbocycles. The van der Waals surface area contributed by atoms with Gasteiger partial charge in [0.15, 0.2) is 5.69 Å². The zero-order valence-electron chi connectivity index (χ0n) is 16.3. The van der Waals surface area contributed by atoms with E-state index in [1.165, 1.54) is 6.26 Å². The number of hydrogen-bond acceptors (Lipinski definition) is 6. The van der Waals surface area contributed by atoms with Gasteiger partial charge in [0, 0.05) is 43.4 Å². The van der Waals surface area contributed by atoms with Crippen LogP contribution in [0.3, 0.4) is 0 Å². The second-order valence-electron chi connectivity index (χ2n) is 7.48. The van der Waals surface area contributed by atoms with Crippen molar-refractivity contribution in [3.05, 3.63) is 47.1 Å². The van der Waals surface area contributed by atoms with Crippen LogP contribution in [0.15, 0.2) is 34.9 Å². The van der Waals surface area contributed by atoms with Gasteiger partial charge < -0.3 is 14.8 Å². The topological polar surface area (TPSA) is 81.8 Å². The molecule has 28 heavy (non-hydrogen) atoms. The van der Waals surface area contributed by atoms with Gasteiger partial charge >= 0.3 is 0 Å². The average Bonchev–Trinajstić information content (AvgIpc) is 3.14. The highest BCUT2D eigenvalue weighted by atomic mass is 35.5. The lowest BCUT2D eigenvalue weighted by molar-refractivity contribution is 0.0463. The fourth-order valence-electron chi connectivity index (χ4n) is 3.01. The van der Waals surface area contributed by atoms with E-state index >= 15 is 0 Å². The number of amides is 1. The lowest BCUT2D eigenvalue weighted by atomic mass is 10.1. The fourth-order valence-corrected chi connectivity index (χ4v) is 3.14. The van der Waals surface area contributed by atoms with Gasteiger partial charge in [-0.25, -0.2) is 4.98 Å². The highest BCUT2D eigenvalue weighted by molar-refractivity contribution is 6.30. The van der Waals surface area contributed by atoms with Crippen molar-refractivity contribution in [2.45, 2.75) is 26.5 Å². The van der Waals surface area contributed by atoms with Gasteiger partial charge in [-0.3, -0.25) is 14.6 Å². The number of β-amino-alcohol motifs (C(OH)–C–C–N with tert-alkyl or cyclic N) is 1. The highest BCUT2D eigenvalue weighted by Gasteiger charge is 2.22. The average molecular weight is 407 g/mol. The van der Waals surface area contributed by atoms with Crippen molar-refractivity contribution < 1.29 is 14.3 Å². The van der Waals surface area contributed by atoms with Crippen LogP contribution < -0.4 is 5.32 Å². The molecule has 1 saturated heterocycles. The van der Waals surface area contributed by atoms with Crippen LogP contribution in [0.2, 0.25) is 5.02 Å². The molecule has 0 spiro atoms. The third-order valence-corrected chi connectivity index (χ3v) is 5.18. The number of aliphatic hydroxyl groups excluding tert-OH is 1. The van der Waals surface area contributed by atoms with Gasteiger partial charge in [-0.05, 0) is 30.2 Å². The molecule has 2 aromatic rings. The van der Waals surface area contributed by atoms with Crippen LogP contribution >= 0.6 is 11.6 Å². The van der Waals surface area contributed by atoms with Gasteiger partial charge in [-0.15, -0.1) is 0 Å². The van der Waals surface area contributed by atoms with Crippen molar-refractivity contribution in [1.82, 2.24) is 14.8 Å².